The molecule has 23 heavy (non-hydrogen) atoms. The molecular formula is C18H16N2O2S. The standard InChI is InChI=1S/C18H16N2O2S/c21-12-16-3-4-17(22-16)13-1-2-15(19-9-13)11-20-7-5-18-14(10-20)6-8-23-18/h1-4,6,8-9,12H,5,7,10-11H2. The van der Waals surface area contributed by atoms with E-state index < -0.39 is 0 Å². The zero-order valence-electron chi connectivity index (χ0n) is 12.6. The maximum Gasteiger partial charge on any atom is 0.185 e. The lowest BCUT2D eigenvalue weighted by molar-refractivity contribution is 0.110. The van der Waals surface area contributed by atoms with Crippen molar-refractivity contribution in [3.63, 3.8) is 0 Å². The normalized spacial score (nSPS) is 14.6. The van der Waals surface area contributed by atoms with Crippen molar-refractivity contribution in [1.82, 2.24) is 9.88 Å². The second-order valence-corrected chi connectivity index (χ2v) is 6.69. The second-order valence-electron chi connectivity index (χ2n) is 5.69. The van der Waals surface area contributed by atoms with Gasteiger partial charge in [-0.15, -0.1) is 11.3 Å². The monoisotopic (exact) mass is 324 g/mol. The van der Waals surface area contributed by atoms with Gasteiger partial charge in [0.15, 0.2) is 12.0 Å². The highest BCUT2D eigenvalue weighted by molar-refractivity contribution is 7.10. The van der Waals surface area contributed by atoms with Crippen LogP contribution in [0, 0.1) is 0 Å². The molecular weight excluding hydrogens is 308 g/mol. The van der Waals surface area contributed by atoms with E-state index in [9.17, 15) is 4.79 Å². The minimum atomic E-state index is 0.337. The van der Waals surface area contributed by atoms with Crippen LogP contribution in [0.5, 0.6) is 0 Å². The first-order chi connectivity index (χ1) is 11.3. The number of pyridine rings is 1. The summed E-state index contributed by atoms with van der Waals surface area (Å²) in [6.07, 6.45) is 3.65. The molecule has 0 saturated heterocycles. The van der Waals surface area contributed by atoms with Gasteiger partial charge in [-0.2, -0.15) is 0 Å². The van der Waals surface area contributed by atoms with Crippen LogP contribution >= 0.6 is 11.3 Å². The molecule has 4 heterocycles. The average Bonchev–Trinajstić information content (AvgIpc) is 3.24. The summed E-state index contributed by atoms with van der Waals surface area (Å²) < 4.78 is 5.42. The van der Waals surface area contributed by atoms with Gasteiger partial charge in [0.2, 0.25) is 0 Å². The molecule has 3 aromatic rings. The van der Waals surface area contributed by atoms with E-state index in [1.807, 2.05) is 29.7 Å². The Bertz CT molecular complexity index is 820. The summed E-state index contributed by atoms with van der Waals surface area (Å²) in [6, 6.07) is 9.72. The third kappa shape index (κ3) is 2.98. The number of rotatable bonds is 4. The summed E-state index contributed by atoms with van der Waals surface area (Å²) in [6.45, 7) is 2.94. The van der Waals surface area contributed by atoms with Crippen LogP contribution in [0.4, 0.5) is 0 Å². The molecule has 3 aromatic heterocycles. The number of fused-ring (bicyclic) bond motifs is 1. The predicted molar refractivity (Wildman–Crippen MR) is 89.5 cm³/mol. The van der Waals surface area contributed by atoms with Crippen molar-refractivity contribution < 1.29 is 9.21 Å². The highest BCUT2D eigenvalue weighted by atomic mass is 32.1. The quantitative estimate of drug-likeness (QED) is 0.685. The van der Waals surface area contributed by atoms with E-state index in [-0.39, 0.29) is 0 Å². The molecule has 0 amide bonds. The second kappa shape index (κ2) is 6.10. The molecule has 0 fully saturated rings. The first kappa shape index (κ1) is 14.4. The number of carbonyl (C=O) groups is 1. The molecule has 0 bridgehead atoms. The first-order valence-electron chi connectivity index (χ1n) is 7.60. The Morgan fingerprint density at radius 3 is 3.00 bits per heavy atom. The molecule has 0 unspecified atom stereocenters. The zero-order chi connectivity index (χ0) is 15.6. The largest absolute Gasteiger partial charge is 0.453 e. The van der Waals surface area contributed by atoms with Crippen molar-refractivity contribution in [1.29, 1.82) is 0 Å². The number of hydrogen-bond donors (Lipinski definition) is 0. The maximum absolute atomic E-state index is 10.7. The summed E-state index contributed by atoms with van der Waals surface area (Å²) in [5.74, 6) is 1.01. The van der Waals surface area contributed by atoms with E-state index in [2.05, 4.69) is 21.3 Å². The maximum atomic E-state index is 10.7. The van der Waals surface area contributed by atoms with Gasteiger partial charge < -0.3 is 4.42 Å². The third-order valence-electron chi connectivity index (χ3n) is 4.12. The van der Waals surface area contributed by atoms with Crippen LogP contribution in [-0.4, -0.2) is 22.7 Å². The number of aromatic nitrogens is 1. The van der Waals surface area contributed by atoms with Gasteiger partial charge in [-0.3, -0.25) is 14.7 Å². The molecule has 1 aliphatic heterocycles. The molecule has 0 N–H and O–H groups in total. The molecule has 0 spiro atoms. The number of carbonyl (C=O) groups excluding carboxylic acids is 1. The third-order valence-corrected chi connectivity index (χ3v) is 5.15. The van der Waals surface area contributed by atoms with Crippen molar-refractivity contribution >= 4 is 17.6 Å². The van der Waals surface area contributed by atoms with Crippen molar-refractivity contribution in [2.75, 3.05) is 6.54 Å². The molecule has 4 nitrogen and oxygen atoms in total. The van der Waals surface area contributed by atoms with Crippen molar-refractivity contribution in [3.05, 3.63) is 63.8 Å². The summed E-state index contributed by atoms with van der Waals surface area (Å²) in [7, 11) is 0. The minimum absolute atomic E-state index is 0.337. The fourth-order valence-electron chi connectivity index (χ4n) is 2.91. The lowest BCUT2D eigenvalue weighted by Gasteiger charge is -2.26. The number of nitrogens with zero attached hydrogens (tertiary/aromatic N) is 2. The van der Waals surface area contributed by atoms with E-state index in [1.54, 1.807) is 12.1 Å². The average molecular weight is 324 g/mol. The van der Waals surface area contributed by atoms with Gasteiger partial charge in [-0.1, -0.05) is 0 Å². The fraction of sp³-hybridized carbons (Fsp3) is 0.222. The molecule has 116 valence electrons. The SMILES string of the molecule is O=Cc1ccc(-c2ccc(CN3CCc4sccc4C3)nc2)o1. The summed E-state index contributed by atoms with van der Waals surface area (Å²) in [4.78, 5) is 19.2. The van der Waals surface area contributed by atoms with E-state index in [0.717, 1.165) is 37.3 Å². The Hall–Kier alpha value is -2.24. The molecule has 4 rings (SSSR count). The number of thiophene rings is 1. The lowest BCUT2D eigenvalue weighted by Crippen LogP contribution is -2.29. The Labute approximate surface area is 138 Å². The van der Waals surface area contributed by atoms with Crippen LogP contribution in [0.15, 0.2) is 46.3 Å². The fourth-order valence-corrected chi connectivity index (χ4v) is 3.80. The Morgan fingerprint density at radius 2 is 2.22 bits per heavy atom. The van der Waals surface area contributed by atoms with Crippen molar-refractivity contribution in [2.45, 2.75) is 19.5 Å². The van der Waals surface area contributed by atoms with Crippen LogP contribution in [0.25, 0.3) is 11.3 Å². The minimum Gasteiger partial charge on any atom is -0.453 e. The topological polar surface area (TPSA) is 46.3 Å². The number of aldehydes is 1. The lowest BCUT2D eigenvalue weighted by atomic mass is 10.1. The van der Waals surface area contributed by atoms with E-state index >= 15 is 0 Å². The molecule has 5 heteroatoms. The molecule has 0 radical (unpaired) electrons. The number of furan rings is 1. The van der Waals surface area contributed by atoms with Gasteiger partial charge in [-0.25, -0.2) is 0 Å². The van der Waals surface area contributed by atoms with Crippen LogP contribution in [0.1, 0.15) is 26.7 Å². The van der Waals surface area contributed by atoms with E-state index in [1.165, 1.54) is 10.4 Å². The van der Waals surface area contributed by atoms with Crippen molar-refractivity contribution in [3.8, 4) is 11.3 Å². The zero-order valence-corrected chi connectivity index (χ0v) is 13.4. The van der Waals surface area contributed by atoms with Crippen LogP contribution < -0.4 is 0 Å². The van der Waals surface area contributed by atoms with Crippen LogP contribution in [0.2, 0.25) is 0 Å². The van der Waals surface area contributed by atoms with Gasteiger partial charge in [0.1, 0.15) is 5.76 Å². The number of hydrogen-bond acceptors (Lipinski definition) is 5. The molecule has 1 aliphatic rings. The molecule has 0 aliphatic carbocycles. The summed E-state index contributed by atoms with van der Waals surface area (Å²) in [5.41, 5.74) is 3.39. The molecule has 0 aromatic carbocycles. The summed E-state index contributed by atoms with van der Waals surface area (Å²) >= 11 is 1.86. The first-order valence-corrected chi connectivity index (χ1v) is 8.48. The predicted octanol–water partition coefficient (Wildman–Crippen LogP) is 3.77. The summed E-state index contributed by atoms with van der Waals surface area (Å²) in [5, 5.41) is 2.18. The highest BCUT2D eigenvalue weighted by Crippen LogP contribution is 2.25. The smallest absolute Gasteiger partial charge is 0.185 e. The van der Waals surface area contributed by atoms with Gasteiger partial charge in [0, 0.05) is 36.3 Å². The molecule has 0 saturated carbocycles. The molecule has 0 atom stereocenters. The van der Waals surface area contributed by atoms with Crippen LogP contribution in [0.3, 0.4) is 0 Å². The van der Waals surface area contributed by atoms with E-state index in [4.69, 9.17) is 4.42 Å². The highest BCUT2D eigenvalue weighted by Gasteiger charge is 2.17. The van der Waals surface area contributed by atoms with E-state index in [0.29, 0.717) is 17.8 Å². The van der Waals surface area contributed by atoms with Gasteiger partial charge >= 0.3 is 0 Å². The van der Waals surface area contributed by atoms with Crippen LogP contribution in [-0.2, 0) is 19.5 Å². The van der Waals surface area contributed by atoms with Gasteiger partial charge in [0.25, 0.3) is 0 Å². The van der Waals surface area contributed by atoms with Crippen molar-refractivity contribution in [2.24, 2.45) is 0 Å². The van der Waals surface area contributed by atoms with Gasteiger partial charge in [-0.05, 0) is 47.7 Å². The van der Waals surface area contributed by atoms with Gasteiger partial charge in [0.05, 0.1) is 5.69 Å². The Morgan fingerprint density at radius 1 is 1.26 bits per heavy atom. The Balaban J connectivity index is 1.45. The Kier molecular flexibility index (Phi) is 3.81.